The normalized spacial score (nSPS) is 12.9. The molecule has 0 atom stereocenters. The molecular weight excluding hydrogens is 380 g/mol. The number of rotatable bonds is 8. The number of carbonyl (C=O) groups excluding carboxylic acids is 2. The smallest absolute Gasteiger partial charge is 0.259 e. The average molecular weight is 409 g/mol. The van der Waals surface area contributed by atoms with Gasteiger partial charge in [-0.3, -0.25) is 9.59 Å². The number of nitrogens with one attached hydrogen (secondary N) is 2. The molecule has 2 N–H and O–H groups in total. The number of amides is 2. The van der Waals surface area contributed by atoms with E-state index in [0.29, 0.717) is 5.75 Å². The van der Waals surface area contributed by atoms with Crippen LogP contribution < -0.4 is 20.4 Å². The number of ether oxygens (including phenoxy) is 1. The van der Waals surface area contributed by atoms with Crippen LogP contribution in [0.15, 0.2) is 47.6 Å². The molecule has 30 heavy (non-hydrogen) atoms. The van der Waals surface area contributed by atoms with Gasteiger partial charge in [0.1, 0.15) is 5.75 Å². The first kappa shape index (κ1) is 21.4. The monoisotopic (exact) mass is 408 g/mol. The van der Waals surface area contributed by atoms with E-state index in [1.807, 2.05) is 55.4 Å². The Morgan fingerprint density at radius 1 is 1.03 bits per heavy atom. The number of hydrogen-bond donors (Lipinski definition) is 2. The van der Waals surface area contributed by atoms with Crippen molar-refractivity contribution >= 4 is 23.7 Å². The van der Waals surface area contributed by atoms with Crippen LogP contribution in [0.2, 0.25) is 0 Å². The minimum Gasteiger partial charge on any atom is -0.484 e. The summed E-state index contributed by atoms with van der Waals surface area (Å²) in [6.45, 7) is -0.295. The van der Waals surface area contributed by atoms with E-state index in [1.54, 1.807) is 6.21 Å². The van der Waals surface area contributed by atoms with Crippen LogP contribution in [0.1, 0.15) is 29.5 Å². The van der Waals surface area contributed by atoms with E-state index < -0.39 is 5.91 Å². The molecule has 3 rings (SSSR count). The van der Waals surface area contributed by atoms with Gasteiger partial charge in [-0.15, -0.1) is 0 Å². The lowest BCUT2D eigenvalue weighted by atomic mass is 9.92. The van der Waals surface area contributed by atoms with Crippen molar-refractivity contribution < 1.29 is 14.3 Å². The van der Waals surface area contributed by atoms with Crippen LogP contribution in [0.3, 0.4) is 0 Å². The maximum absolute atomic E-state index is 11.9. The molecular formula is C23H28N4O3. The maximum atomic E-state index is 11.9. The highest BCUT2D eigenvalue weighted by Crippen LogP contribution is 2.25. The molecule has 0 heterocycles. The molecule has 0 fully saturated rings. The quantitative estimate of drug-likeness (QED) is 0.519. The van der Waals surface area contributed by atoms with Crippen molar-refractivity contribution in [3.63, 3.8) is 0 Å². The Bertz CT molecular complexity index is 907. The molecule has 0 bridgehead atoms. The lowest BCUT2D eigenvalue weighted by Crippen LogP contribution is -2.37. The number of nitrogens with zero attached hydrogens (tertiary/aromatic N) is 2. The third-order valence-electron chi connectivity index (χ3n) is 4.95. The molecule has 0 saturated carbocycles. The van der Waals surface area contributed by atoms with Gasteiger partial charge in [-0.25, -0.2) is 5.43 Å². The van der Waals surface area contributed by atoms with Gasteiger partial charge >= 0.3 is 0 Å². The van der Waals surface area contributed by atoms with Gasteiger partial charge in [-0.1, -0.05) is 18.2 Å². The standard InChI is InChI=1S/C23H28N4O3/c1-27(2)20-10-7-17(8-11-20)14-25-26-22(28)15-24-23(29)16-30-21-12-9-18-5-3-4-6-19(18)13-21/h7-14H,3-6,15-16H2,1-2H3,(H,24,29)(H,26,28). The Kier molecular flexibility index (Phi) is 7.43. The van der Waals surface area contributed by atoms with E-state index in [2.05, 4.69) is 21.9 Å². The van der Waals surface area contributed by atoms with Gasteiger partial charge in [0.15, 0.2) is 6.61 Å². The molecule has 0 unspecified atom stereocenters. The number of carbonyl (C=O) groups is 2. The molecule has 1 aliphatic rings. The molecule has 7 nitrogen and oxygen atoms in total. The fourth-order valence-electron chi connectivity index (χ4n) is 3.26. The Morgan fingerprint density at radius 3 is 2.50 bits per heavy atom. The summed E-state index contributed by atoms with van der Waals surface area (Å²) in [5.41, 5.74) is 7.00. The molecule has 158 valence electrons. The summed E-state index contributed by atoms with van der Waals surface area (Å²) >= 11 is 0. The molecule has 2 amide bonds. The zero-order chi connectivity index (χ0) is 21.3. The van der Waals surface area contributed by atoms with Crippen LogP contribution in [-0.4, -0.2) is 45.3 Å². The third-order valence-corrected chi connectivity index (χ3v) is 4.95. The fraction of sp³-hybridized carbons (Fsp3) is 0.348. The highest BCUT2D eigenvalue weighted by Gasteiger charge is 2.11. The van der Waals surface area contributed by atoms with E-state index in [9.17, 15) is 9.59 Å². The molecule has 1 aliphatic carbocycles. The topological polar surface area (TPSA) is 83.0 Å². The van der Waals surface area contributed by atoms with E-state index in [1.165, 1.54) is 24.0 Å². The first-order valence-corrected chi connectivity index (χ1v) is 10.1. The summed E-state index contributed by atoms with van der Waals surface area (Å²) in [4.78, 5) is 25.8. The van der Waals surface area contributed by atoms with E-state index in [-0.39, 0.29) is 19.1 Å². The van der Waals surface area contributed by atoms with E-state index in [0.717, 1.165) is 24.1 Å². The number of benzene rings is 2. The van der Waals surface area contributed by atoms with Gasteiger partial charge in [0.25, 0.3) is 11.8 Å². The second-order valence-corrected chi connectivity index (χ2v) is 7.48. The Hall–Kier alpha value is -3.35. The number of aryl methyl sites for hydroxylation is 2. The molecule has 0 spiro atoms. The second kappa shape index (κ2) is 10.4. The lowest BCUT2D eigenvalue weighted by molar-refractivity contribution is -0.127. The minimum absolute atomic E-state index is 0.131. The number of hydrogen-bond acceptors (Lipinski definition) is 5. The van der Waals surface area contributed by atoms with Crippen molar-refractivity contribution in [3.8, 4) is 5.75 Å². The summed E-state index contributed by atoms with van der Waals surface area (Å²) in [7, 11) is 3.94. The summed E-state index contributed by atoms with van der Waals surface area (Å²) in [5.74, 6) is -0.0791. The van der Waals surface area contributed by atoms with Crippen molar-refractivity contribution in [2.24, 2.45) is 5.10 Å². The first-order valence-electron chi connectivity index (χ1n) is 10.1. The van der Waals surface area contributed by atoms with Crippen molar-refractivity contribution in [3.05, 3.63) is 59.2 Å². The fourth-order valence-corrected chi connectivity index (χ4v) is 3.26. The SMILES string of the molecule is CN(C)c1ccc(C=NNC(=O)CNC(=O)COc2ccc3c(c2)CCCC3)cc1. The zero-order valence-electron chi connectivity index (χ0n) is 17.5. The van der Waals surface area contributed by atoms with Crippen LogP contribution in [-0.2, 0) is 22.4 Å². The molecule has 0 radical (unpaired) electrons. The summed E-state index contributed by atoms with van der Waals surface area (Å²) in [6.07, 6.45) is 6.13. The predicted molar refractivity (Wildman–Crippen MR) is 118 cm³/mol. The van der Waals surface area contributed by atoms with Gasteiger partial charge in [-0.05, 0) is 66.6 Å². The first-order chi connectivity index (χ1) is 14.5. The van der Waals surface area contributed by atoms with Crippen molar-refractivity contribution in [1.82, 2.24) is 10.7 Å². The Morgan fingerprint density at radius 2 is 1.77 bits per heavy atom. The Balaban J connectivity index is 1.36. The van der Waals surface area contributed by atoms with Gasteiger partial charge in [0, 0.05) is 19.8 Å². The third kappa shape index (κ3) is 6.34. The van der Waals surface area contributed by atoms with Crippen molar-refractivity contribution in [2.75, 3.05) is 32.1 Å². The minimum atomic E-state index is -0.404. The van der Waals surface area contributed by atoms with Crippen LogP contribution in [0.25, 0.3) is 0 Å². The summed E-state index contributed by atoms with van der Waals surface area (Å²) < 4.78 is 5.55. The molecule has 2 aromatic rings. The number of fused-ring (bicyclic) bond motifs is 1. The zero-order valence-corrected chi connectivity index (χ0v) is 17.5. The predicted octanol–water partition coefficient (Wildman–Crippen LogP) is 2.28. The number of anilines is 1. The largest absolute Gasteiger partial charge is 0.484 e. The highest BCUT2D eigenvalue weighted by molar-refractivity contribution is 5.86. The summed E-state index contributed by atoms with van der Waals surface area (Å²) in [6, 6.07) is 13.7. The second-order valence-electron chi connectivity index (χ2n) is 7.48. The van der Waals surface area contributed by atoms with Crippen LogP contribution in [0.5, 0.6) is 5.75 Å². The van der Waals surface area contributed by atoms with Gasteiger partial charge in [-0.2, -0.15) is 5.10 Å². The van der Waals surface area contributed by atoms with Crippen molar-refractivity contribution in [1.29, 1.82) is 0 Å². The van der Waals surface area contributed by atoms with Crippen LogP contribution in [0, 0.1) is 0 Å². The number of hydrazone groups is 1. The van der Waals surface area contributed by atoms with Gasteiger partial charge < -0.3 is 15.0 Å². The Labute approximate surface area is 177 Å². The maximum Gasteiger partial charge on any atom is 0.259 e. The van der Waals surface area contributed by atoms with Crippen LogP contribution in [0.4, 0.5) is 5.69 Å². The molecule has 7 heteroatoms. The molecule has 2 aromatic carbocycles. The van der Waals surface area contributed by atoms with Gasteiger partial charge in [0.2, 0.25) is 0 Å². The van der Waals surface area contributed by atoms with Crippen LogP contribution >= 0.6 is 0 Å². The molecule has 0 aromatic heterocycles. The molecule has 0 saturated heterocycles. The van der Waals surface area contributed by atoms with E-state index in [4.69, 9.17) is 4.74 Å². The van der Waals surface area contributed by atoms with Gasteiger partial charge in [0.05, 0.1) is 12.8 Å². The van der Waals surface area contributed by atoms with Crippen molar-refractivity contribution in [2.45, 2.75) is 25.7 Å². The molecule has 0 aliphatic heterocycles. The van der Waals surface area contributed by atoms with E-state index >= 15 is 0 Å². The summed E-state index contributed by atoms with van der Waals surface area (Å²) in [5, 5.41) is 6.44. The highest BCUT2D eigenvalue weighted by atomic mass is 16.5. The lowest BCUT2D eigenvalue weighted by Gasteiger charge is -2.16. The average Bonchev–Trinajstić information content (AvgIpc) is 2.76.